The molecular weight excluding hydrogens is 318 g/mol. The summed E-state index contributed by atoms with van der Waals surface area (Å²) in [6.45, 7) is 0. The van der Waals surface area contributed by atoms with Gasteiger partial charge in [0, 0.05) is 17.1 Å². The molecule has 0 radical (unpaired) electrons. The lowest BCUT2D eigenvalue weighted by Crippen LogP contribution is -1.94. The molecule has 0 amide bonds. The zero-order chi connectivity index (χ0) is 13.9. The van der Waals surface area contributed by atoms with E-state index in [9.17, 15) is 0 Å². The Labute approximate surface area is 125 Å². The number of halogens is 1. The summed E-state index contributed by atoms with van der Waals surface area (Å²) in [6.07, 6.45) is 3.53. The topological polar surface area (TPSA) is 50.8 Å². The minimum absolute atomic E-state index is 0.828. The van der Waals surface area contributed by atoms with Gasteiger partial charge in [0.2, 0.25) is 0 Å². The molecule has 20 heavy (non-hydrogen) atoms. The van der Waals surface area contributed by atoms with Gasteiger partial charge in [0.05, 0.1) is 7.11 Å². The van der Waals surface area contributed by atoms with Crippen LogP contribution in [-0.2, 0) is 12.8 Å². The Morgan fingerprint density at radius 2 is 2.15 bits per heavy atom. The number of nitrogens with zero attached hydrogens (tertiary/aromatic N) is 2. The van der Waals surface area contributed by atoms with Gasteiger partial charge in [0.15, 0.2) is 5.65 Å². The third-order valence-corrected chi connectivity index (χ3v) is 3.57. The predicted octanol–water partition coefficient (Wildman–Crippen LogP) is 3.51. The van der Waals surface area contributed by atoms with Gasteiger partial charge in [-0.15, -0.1) is 0 Å². The van der Waals surface area contributed by atoms with Crippen molar-refractivity contribution in [1.29, 1.82) is 0 Å². The fourth-order valence-corrected chi connectivity index (χ4v) is 2.45. The fraction of sp³-hybridized carbons (Fsp3) is 0.200. The van der Waals surface area contributed by atoms with Gasteiger partial charge >= 0.3 is 0 Å². The monoisotopic (exact) mass is 331 g/mol. The maximum Gasteiger partial charge on any atom is 0.157 e. The first-order chi connectivity index (χ1) is 9.74. The van der Waals surface area contributed by atoms with Crippen LogP contribution in [0.3, 0.4) is 0 Å². The third kappa shape index (κ3) is 2.82. The number of benzene rings is 1. The SMILES string of the molecule is COc1cccc(CCc2nc3cc(Br)cnc3[nH]2)c1. The van der Waals surface area contributed by atoms with Crippen molar-refractivity contribution in [3.8, 4) is 5.75 Å². The number of aromatic nitrogens is 3. The van der Waals surface area contributed by atoms with Gasteiger partial charge in [0.25, 0.3) is 0 Å². The second-order valence-electron chi connectivity index (χ2n) is 4.56. The molecule has 0 aliphatic rings. The Morgan fingerprint density at radius 3 is 3.00 bits per heavy atom. The second kappa shape index (κ2) is 5.63. The van der Waals surface area contributed by atoms with Crippen molar-refractivity contribution >= 4 is 27.1 Å². The summed E-state index contributed by atoms with van der Waals surface area (Å²) in [4.78, 5) is 12.1. The highest BCUT2D eigenvalue weighted by Crippen LogP contribution is 2.17. The highest BCUT2D eigenvalue weighted by Gasteiger charge is 2.05. The van der Waals surface area contributed by atoms with Crippen molar-refractivity contribution in [3.05, 3.63) is 52.4 Å². The Bertz CT molecular complexity index is 739. The molecule has 102 valence electrons. The van der Waals surface area contributed by atoms with E-state index in [2.05, 4.69) is 43.0 Å². The number of rotatable bonds is 4. The molecule has 3 rings (SSSR count). The van der Waals surface area contributed by atoms with Crippen molar-refractivity contribution in [1.82, 2.24) is 15.0 Å². The Morgan fingerprint density at radius 1 is 1.25 bits per heavy atom. The van der Waals surface area contributed by atoms with E-state index in [1.165, 1.54) is 5.56 Å². The van der Waals surface area contributed by atoms with Crippen LogP contribution >= 0.6 is 15.9 Å². The number of hydrogen-bond acceptors (Lipinski definition) is 3. The maximum atomic E-state index is 5.23. The van der Waals surface area contributed by atoms with Crippen LogP contribution in [-0.4, -0.2) is 22.1 Å². The molecule has 0 atom stereocenters. The summed E-state index contributed by atoms with van der Waals surface area (Å²) in [6, 6.07) is 10.1. The van der Waals surface area contributed by atoms with Crippen LogP contribution in [0.1, 0.15) is 11.4 Å². The molecule has 2 aromatic heterocycles. The first kappa shape index (κ1) is 13.1. The molecule has 0 fully saturated rings. The average molecular weight is 332 g/mol. The summed E-state index contributed by atoms with van der Waals surface area (Å²) in [5.74, 6) is 1.84. The zero-order valence-corrected chi connectivity index (χ0v) is 12.6. The number of nitrogens with one attached hydrogen (secondary N) is 1. The lowest BCUT2D eigenvalue weighted by atomic mass is 10.1. The Kier molecular flexibility index (Phi) is 3.69. The first-order valence-corrected chi connectivity index (χ1v) is 7.17. The van der Waals surface area contributed by atoms with E-state index in [0.29, 0.717) is 0 Å². The van der Waals surface area contributed by atoms with Crippen molar-refractivity contribution in [3.63, 3.8) is 0 Å². The summed E-state index contributed by atoms with van der Waals surface area (Å²) in [5, 5.41) is 0. The number of fused-ring (bicyclic) bond motifs is 1. The summed E-state index contributed by atoms with van der Waals surface area (Å²) >= 11 is 3.40. The van der Waals surface area contributed by atoms with E-state index in [1.807, 2.05) is 18.2 Å². The molecule has 0 bridgehead atoms. The highest BCUT2D eigenvalue weighted by atomic mass is 79.9. The molecule has 1 N–H and O–H groups in total. The van der Waals surface area contributed by atoms with Gasteiger partial charge in [-0.1, -0.05) is 12.1 Å². The minimum Gasteiger partial charge on any atom is -0.497 e. The fourth-order valence-electron chi connectivity index (χ4n) is 2.13. The smallest absolute Gasteiger partial charge is 0.157 e. The Hall–Kier alpha value is -1.88. The molecule has 0 aliphatic heterocycles. The Balaban J connectivity index is 1.76. The van der Waals surface area contributed by atoms with Crippen LogP contribution in [0.4, 0.5) is 0 Å². The van der Waals surface area contributed by atoms with Crippen molar-refractivity contribution in [2.75, 3.05) is 7.11 Å². The van der Waals surface area contributed by atoms with Crippen LogP contribution in [0, 0.1) is 0 Å². The molecule has 4 nitrogen and oxygen atoms in total. The van der Waals surface area contributed by atoms with Gasteiger partial charge < -0.3 is 9.72 Å². The number of methoxy groups -OCH3 is 1. The standard InChI is InChI=1S/C15H14BrN3O/c1-20-12-4-2-3-10(7-12)5-6-14-18-13-8-11(16)9-17-15(13)19-14/h2-4,7-9H,5-6H2,1H3,(H,17,18,19). The molecule has 2 heterocycles. The molecule has 5 heteroatoms. The van der Waals surface area contributed by atoms with Crippen molar-refractivity contribution in [2.45, 2.75) is 12.8 Å². The average Bonchev–Trinajstić information content (AvgIpc) is 2.87. The van der Waals surface area contributed by atoms with Crippen LogP contribution < -0.4 is 4.74 Å². The molecule has 0 saturated heterocycles. The molecule has 3 aromatic rings. The predicted molar refractivity (Wildman–Crippen MR) is 82.0 cm³/mol. The van der Waals surface area contributed by atoms with Crippen molar-refractivity contribution < 1.29 is 4.74 Å². The van der Waals surface area contributed by atoms with Gasteiger partial charge in [-0.2, -0.15) is 0 Å². The number of aromatic amines is 1. The van der Waals surface area contributed by atoms with Gasteiger partial charge in [-0.05, 0) is 46.1 Å². The first-order valence-electron chi connectivity index (χ1n) is 6.37. The van der Waals surface area contributed by atoms with Gasteiger partial charge in [-0.25, -0.2) is 9.97 Å². The summed E-state index contributed by atoms with van der Waals surface area (Å²) in [5.41, 5.74) is 2.95. The maximum absolute atomic E-state index is 5.23. The summed E-state index contributed by atoms with van der Waals surface area (Å²) in [7, 11) is 1.68. The molecule has 0 aliphatic carbocycles. The molecule has 0 unspecified atom stereocenters. The molecule has 0 spiro atoms. The zero-order valence-electron chi connectivity index (χ0n) is 11.1. The van der Waals surface area contributed by atoms with Crippen LogP contribution in [0.25, 0.3) is 11.2 Å². The van der Waals surface area contributed by atoms with E-state index < -0.39 is 0 Å². The number of H-pyrrole nitrogens is 1. The van der Waals surface area contributed by atoms with E-state index in [0.717, 1.165) is 40.1 Å². The lowest BCUT2D eigenvalue weighted by molar-refractivity contribution is 0.414. The normalized spacial score (nSPS) is 10.9. The molecule has 0 saturated carbocycles. The summed E-state index contributed by atoms with van der Waals surface area (Å²) < 4.78 is 6.17. The highest BCUT2D eigenvalue weighted by molar-refractivity contribution is 9.10. The van der Waals surface area contributed by atoms with E-state index in [-0.39, 0.29) is 0 Å². The number of hydrogen-bond donors (Lipinski definition) is 1. The van der Waals surface area contributed by atoms with E-state index >= 15 is 0 Å². The molecular formula is C15H14BrN3O. The lowest BCUT2D eigenvalue weighted by Gasteiger charge is -2.03. The largest absolute Gasteiger partial charge is 0.497 e. The van der Waals surface area contributed by atoms with Crippen molar-refractivity contribution in [2.24, 2.45) is 0 Å². The van der Waals surface area contributed by atoms with Gasteiger partial charge in [0.1, 0.15) is 17.1 Å². The number of imidazole rings is 1. The number of aryl methyl sites for hydroxylation is 2. The quantitative estimate of drug-likeness (QED) is 0.795. The minimum atomic E-state index is 0.828. The number of ether oxygens (including phenoxy) is 1. The third-order valence-electron chi connectivity index (χ3n) is 3.14. The van der Waals surface area contributed by atoms with Crippen LogP contribution in [0.15, 0.2) is 41.0 Å². The van der Waals surface area contributed by atoms with Gasteiger partial charge in [-0.3, -0.25) is 0 Å². The second-order valence-corrected chi connectivity index (χ2v) is 5.47. The van der Waals surface area contributed by atoms with Crippen LogP contribution in [0.5, 0.6) is 5.75 Å². The van der Waals surface area contributed by atoms with Crippen LogP contribution in [0.2, 0.25) is 0 Å². The van der Waals surface area contributed by atoms with E-state index in [1.54, 1.807) is 13.3 Å². The molecule has 1 aromatic carbocycles. The van der Waals surface area contributed by atoms with E-state index in [4.69, 9.17) is 4.74 Å². The number of pyridine rings is 1.